The molecule has 1 fully saturated rings. The van der Waals surface area contributed by atoms with Crippen LogP contribution >= 0.6 is 0 Å². The molecule has 1 aliphatic heterocycles. The van der Waals surface area contributed by atoms with Gasteiger partial charge in [0.05, 0.1) is 7.11 Å². The van der Waals surface area contributed by atoms with E-state index < -0.39 is 0 Å². The van der Waals surface area contributed by atoms with Crippen molar-refractivity contribution in [2.24, 2.45) is 5.92 Å². The van der Waals surface area contributed by atoms with E-state index in [2.05, 4.69) is 45.9 Å². The molecule has 2 N–H and O–H groups in total. The molecule has 0 aromatic heterocycles. The van der Waals surface area contributed by atoms with Crippen molar-refractivity contribution in [3.05, 3.63) is 60.2 Å². The first-order valence-electron chi connectivity index (χ1n) is 9.18. The second-order valence-electron chi connectivity index (χ2n) is 6.78. The fourth-order valence-electron chi connectivity index (χ4n) is 3.40. The molecule has 2 aromatic rings. The van der Waals surface area contributed by atoms with Gasteiger partial charge in [-0.3, -0.25) is 4.90 Å². The molecule has 0 bridgehead atoms. The Labute approximate surface area is 155 Å². The van der Waals surface area contributed by atoms with Crippen molar-refractivity contribution in [1.29, 1.82) is 0 Å². The number of ether oxygens (including phenoxy) is 1. The molecule has 0 radical (unpaired) electrons. The molecular formula is C21H27N3O2. The molecule has 1 aliphatic rings. The Morgan fingerprint density at radius 1 is 1.19 bits per heavy atom. The first-order valence-corrected chi connectivity index (χ1v) is 9.18. The van der Waals surface area contributed by atoms with Crippen LogP contribution in [0.15, 0.2) is 54.6 Å². The number of anilines is 1. The minimum atomic E-state index is -0.169. The lowest BCUT2D eigenvalue weighted by Crippen LogP contribution is -2.31. The maximum Gasteiger partial charge on any atom is 0.319 e. The molecule has 26 heavy (non-hydrogen) atoms. The van der Waals surface area contributed by atoms with Gasteiger partial charge in [0.1, 0.15) is 5.75 Å². The van der Waals surface area contributed by atoms with Crippen molar-refractivity contribution >= 4 is 11.7 Å². The van der Waals surface area contributed by atoms with Crippen LogP contribution in [0.5, 0.6) is 5.75 Å². The highest BCUT2D eigenvalue weighted by atomic mass is 16.5. The highest BCUT2D eigenvalue weighted by Gasteiger charge is 2.22. The molecule has 1 saturated heterocycles. The number of nitrogens with zero attached hydrogens (tertiary/aromatic N) is 1. The van der Waals surface area contributed by atoms with E-state index in [4.69, 9.17) is 4.74 Å². The van der Waals surface area contributed by atoms with E-state index in [1.165, 1.54) is 12.0 Å². The standard InChI is InChI=1S/C21H27N3O2/c1-26-20-9-5-8-19(14-20)23-21(25)22-12-10-18-11-13-24(16-18)15-17-6-3-2-4-7-17/h2-9,14,18H,10-13,15-16H2,1H3,(H2,22,23,25)/t18-/m1/s1. The van der Waals surface area contributed by atoms with Crippen LogP contribution in [0, 0.1) is 5.92 Å². The number of methoxy groups -OCH3 is 1. The van der Waals surface area contributed by atoms with E-state index in [-0.39, 0.29) is 6.03 Å². The average Bonchev–Trinajstić information content (AvgIpc) is 3.10. The Morgan fingerprint density at radius 2 is 2.04 bits per heavy atom. The van der Waals surface area contributed by atoms with Gasteiger partial charge in [-0.15, -0.1) is 0 Å². The Hall–Kier alpha value is -2.53. The van der Waals surface area contributed by atoms with Crippen LogP contribution in [-0.2, 0) is 6.54 Å². The molecule has 5 nitrogen and oxygen atoms in total. The highest BCUT2D eigenvalue weighted by molar-refractivity contribution is 5.89. The van der Waals surface area contributed by atoms with Crippen LogP contribution in [0.4, 0.5) is 10.5 Å². The first-order chi connectivity index (χ1) is 12.7. The molecule has 5 heteroatoms. The van der Waals surface area contributed by atoms with Gasteiger partial charge < -0.3 is 15.4 Å². The van der Waals surface area contributed by atoms with E-state index in [1.807, 2.05) is 18.2 Å². The van der Waals surface area contributed by atoms with Crippen LogP contribution in [0.2, 0.25) is 0 Å². The molecule has 2 aromatic carbocycles. The number of likely N-dealkylation sites (tertiary alicyclic amines) is 1. The zero-order valence-electron chi connectivity index (χ0n) is 15.3. The second kappa shape index (κ2) is 9.25. The van der Waals surface area contributed by atoms with Crippen LogP contribution < -0.4 is 15.4 Å². The number of carbonyl (C=O) groups excluding carboxylic acids is 1. The van der Waals surface area contributed by atoms with Gasteiger partial charge in [-0.05, 0) is 43.0 Å². The van der Waals surface area contributed by atoms with Gasteiger partial charge in [0.25, 0.3) is 0 Å². The third-order valence-corrected chi connectivity index (χ3v) is 4.78. The van der Waals surface area contributed by atoms with E-state index in [0.29, 0.717) is 12.5 Å². The quantitative estimate of drug-likeness (QED) is 0.797. The monoisotopic (exact) mass is 353 g/mol. The molecule has 2 amide bonds. The van der Waals surface area contributed by atoms with Gasteiger partial charge in [-0.25, -0.2) is 4.79 Å². The maximum absolute atomic E-state index is 12.0. The fraction of sp³-hybridized carbons (Fsp3) is 0.381. The molecule has 1 atom stereocenters. The zero-order chi connectivity index (χ0) is 18.2. The number of hydrogen-bond acceptors (Lipinski definition) is 3. The number of carbonyl (C=O) groups is 1. The van der Waals surface area contributed by atoms with Crippen LogP contribution in [0.1, 0.15) is 18.4 Å². The van der Waals surface area contributed by atoms with Gasteiger partial charge in [0, 0.05) is 31.4 Å². The number of amides is 2. The highest BCUT2D eigenvalue weighted by Crippen LogP contribution is 2.21. The summed E-state index contributed by atoms with van der Waals surface area (Å²) >= 11 is 0. The number of benzene rings is 2. The number of urea groups is 1. The maximum atomic E-state index is 12.0. The number of nitrogens with one attached hydrogen (secondary N) is 2. The molecule has 138 valence electrons. The summed E-state index contributed by atoms with van der Waals surface area (Å²) in [5.41, 5.74) is 2.10. The molecule has 0 aliphatic carbocycles. The smallest absolute Gasteiger partial charge is 0.319 e. The Morgan fingerprint density at radius 3 is 2.85 bits per heavy atom. The lowest BCUT2D eigenvalue weighted by Gasteiger charge is -2.16. The Kier molecular flexibility index (Phi) is 6.50. The largest absolute Gasteiger partial charge is 0.497 e. The molecule has 3 rings (SSSR count). The third-order valence-electron chi connectivity index (χ3n) is 4.78. The lowest BCUT2D eigenvalue weighted by atomic mass is 10.1. The Balaban J connectivity index is 1.35. The first kappa shape index (κ1) is 18.3. The number of rotatable bonds is 7. The predicted octanol–water partition coefficient (Wildman–Crippen LogP) is 3.73. The average molecular weight is 353 g/mol. The van der Waals surface area contributed by atoms with Crippen molar-refractivity contribution in [2.45, 2.75) is 19.4 Å². The van der Waals surface area contributed by atoms with Gasteiger partial charge >= 0.3 is 6.03 Å². The lowest BCUT2D eigenvalue weighted by molar-refractivity contribution is 0.251. The van der Waals surface area contributed by atoms with Crippen molar-refractivity contribution in [3.8, 4) is 5.75 Å². The molecule has 0 spiro atoms. The summed E-state index contributed by atoms with van der Waals surface area (Å²) in [6, 6.07) is 17.8. The topological polar surface area (TPSA) is 53.6 Å². The van der Waals surface area contributed by atoms with Gasteiger partial charge in [-0.2, -0.15) is 0 Å². The van der Waals surface area contributed by atoms with Crippen molar-refractivity contribution in [2.75, 3.05) is 32.1 Å². The van der Waals surface area contributed by atoms with Crippen LogP contribution in [0.25, 0.3) is 0 Å². The Bertz CT molecular complexity index is 705. The summed E-state index contributed by atoms with van der Waals surface area (Å²) < 4.78 is 5.16. The fourth-order valence-corrected chi connectivity index (χ4v) is 3.40. The molecule has 1 heterocycles. The van der Waals surface area contributed by atoms with Gasteiger partial charge in [0.2, 0.25) is 0 Å². The van der Waals surface area contributed by atoms with E-state index >= 15 is 0 Å². The van der Waals surface area contributed by atoms with Crippen molar-refractivity contribution in [3.63, 3.8) is 0 Å². The molecule has 0 saturated carbocycles. The summed E-state index contributed by atoms with van der Waals surface area (Å²) in [6.45, 7) is 3.95. The second-order valence-corrected chi connectivity index (χ2v) is 6.78. The number of hydrogen-bond donors (Lipinski definition) is 2. The SMILES string of the molecule is COc1cccc(NC(=O)NCC[C@@H]2CCN(Cc3ccccc3)C2)c1. The zero-order valence-corrected chi connectivity index (χ0v) is 15.3. The summed E-state index contributed by atoms with van der Waals surface area (Å²) in [7, 11) is 1.61. The van der Waals surface area contributed by atoms with Crippen LogP contribution in [0.3, 0.4) is 0 Å². The molecule has 0 unspecified atom stereocenters. The third kappa shape index (κ3) is 5.49. The van der Waals surface area contributed by atoms with E-state index in [1.54, 1.807) is 13.2 Å². The van der Waals surface area contributed by atoms with Gasteiger partial charge in [-0.1, -0.05) is 36.4 Å². The predicted molar refractivity (Wildman–Crippen MR) is 104 cm³/mol. The normalized spacial score (nSPS) is 17.0. The minimum Gasteiger partial charge on any atom is -0.497 e. The van der Waals surface area contributed by atoms with Crippen molar-refractivity contribution in [1.82, 2.24) is 10.2 Å². The van der Waals surface area contributed by atoms with E-state index in [9.17, 15) is 4.79 Å². The molecular weight excluding hydrogens is 326 g/mol. The summed E-state index contributed by atoms with van der Waals surface area (Å²) in [5, 5.41) is 5.79. The minimum absolute atomic E-state index is 0.169. The van der Waals surface area contributed by atoms with Crippen LogP contribution in [-0.4, -0.2) is 37.7 Å². The van der Waals surface area contributed by atoms with E-state index in [0.717, 1.165) is 37.5 Å². The van der Waals surface area contributed by atoms with Gasteiger partial charge in [0.15, 0.2) is 0 Å². The summed E-state index contributed by atoms with van der Waals surface area (Å²) in [4.78, 5) is 14.5. The summed E-state index contributed by atoms with van der Waals surface area (Å²) in [5.74, 6) is 1.38. The summed E-state index contributed by atoms with van der Waals surface area (Å²) in [6.07, 6.45) is 2.21. The van der Waals surface area contributed by atoms with Crippen molar-refractivity contribution < 1.29 is 9.53 Å².